The van der Waals surface area contributed by atoms with Crippen LogP contribution in [0.2, 0.25) is 0 Å². The van der Waals surface area contributed by atoms with Crippen molar-refractivity contribution in [2.24, 2.45) is 5.73 Å². The van der Waals surface area contributed by atoms with E-state index in [1.807, 2.05) is 6.07 Å². The predicted octanol–water partition coefficient (Wildman–Crippen LogP) is 6.59. The van der Waals surface area contributed by atoms with E-state index in [4.69, 9.17) is 73.4 Å². The highest BCUT2D eigenvalue weighted by Crippen LogP contribution is 2.28. The Morgan fingerprint density at radius 1 is 0.646 bits per heavy atom. The molecule has 0 unspecified atom stereocenters. The van der Waals surface area contributed by atoms with Gasteiger partial charge in [0.05, 0.1) is 68.8 Å². The highest BCUT2D eigenvalue weighted by atomic mass is 79.9. The van der Waals surface area contributed by atoms with Crippen LogP contribution in [0, 0.1) is 6.57 Å². The minimum atomic E-state index is 0.194. The first-order valence-electron chi connectivity index (χ1n) is 13.3. The van der Waals surface area contributed by atoms with Crippen molar-refractivity contribution in [3.05, 3.63) is 76.6 Å². The van der Waals surface area contributed by atoms with Crippen LogP contribution in [0.4, 0.5) is 5.69 Å². The first kappa shape index (κ1) is 43.5. The van der Waals surface area contributed by atoms with Crippen LogP contribution in [-0.4, -0.2) is 82.2 Å². The molecule has 0 spiro atoms. The van der Waals surface area contributed by atoms with Crippen molar-refractivity contribution in [3.63, 3.8) is 0 Å². The number of alkyl halides is 2. The average molecular weight is 774 g/mol. The summed E-state index contributed by atoms with van der Waals surface area (Å²) in [6.45, 7) is 7.18. The van der Waals surface area contributed by atoms with Gasteiger partial charge in [-0.15, -0.1) is 23.2 Å². The topological polar surface area (TPSA) is 156 Å². The molecule has 4 aromatic rings. The number of hydrogen-bond donors (Lipinski definition) is 1. The summed E-state index contributed by atoms with van der Waals surface area (Å²) in [5, 5.41) is 0.194. The third kappa shape index (κ3) is 15.9. The Morgan fingerprint density at radius 2 is 1.08 bits per heavy atom. The first-order valence-corrected chi connectivity index (χ1v) is 15.2. The molecular weight excluding hydrogens is 735 g/mol. The molecule has 4 heterocycles. The molecule has 262 valence electrons. The van der Waals surface area contributed by atoms with E-state index in [0.717, 1.165) is 10.0 Å². The van der Waals surface area contributed by atoms with E-state index in [-0.39, 0.29) is 5.34 Å². The number of aromatic nitrogens is 4. The molecule has 0 aliphatic rings. The second-order valence-electron chi connectivity index (χ2n) is 7.96. The minimum absolute atomic E-state index is 0.194. The van der Waals surface area contributed by atoms with Crippen molar-refractivity contribution in [1.29, 1.82) is 0 Å². The zero-order valence-electron chi connectivity index (χ0n) is 27.8. The quantitative estimate of drug-likeness (QED) is 0.144. The Bertz CT molecular complexity index is 1500. The molecule has 48 heavy (non-hydrogen) atoms. The van der Waals surface area contributed by atoms with Crippen molar-refractivity contribution >= 4 is 44.8 Å². The van der Waals surface area contributed by atoms with Crippen LogP contribution >= 0.6 is 39.1 Å². The summed E-state index contributed by atoms with van der Waals surface area (Å²) in [6.07, 6.45) is 6.42. The maximum Gasteiger partial charge on any atom is 0.256 e. The molecule has 0 aromatic carbocycles. The second-order valence-corrected chi connectivity index (χ2v) is 9.68. The van der Waals surface area contributed by atoms with Crippen LogP contribution < -0.4 is 43.6 Å². The van der Waals surface area contributed by atoms with Crippen LogP contribution in [0.25, 0.3) is 4.85 Å². The van der Waals surface area contributed by atoms with Crippen molar-refractivity contribution in [3.8, 4) is 46.5 Å². The van der Waals surface area contributed by atoms with E-state index >= 15 is 0 Å². The minimum Gasteiger partial charge on any atom is -0.492 e. The van der Waals surface area contributed by atoms with E-state index in [9.17, 15) is 0 Å². The summed E-state index contributed by atoms with van der Waals surface area (Å²) in [5.74, 6) is 4.26. The lowest BCUT2D eigenvalue weighted by atomic mass is 10.3. The van der Waals surface area contributed by atoms with Gasteiger partial charge in [0.25, 0.3) is 23.5 Å². The maximum absolute atomic E-state index is 6.73. The van der Waals surface area contributed by atoms with Gasteiger partial charge < -0.3 is 43.6 Å². The van der Waals surface area contributed by atoms with Crippen LogP contribution in [0.1, 0.15) is 5.56 Å². The number of rotatable bonds is 9. The zero-order valence-corrected chi connectivity index (χ0v) is 30.9. The normalized spacial score (nSPS) is 8.98. The lowest BCUT2D eigenvalue weighted by Gasteiger charge is -2.06. The molecule has 0 bridgehead atoms. The van der Waals surface area contributed by atoms with E-state index < -0.39 is 0 Å². The molecule has 4 rings (SSSR count). The van der Waals surface area contributed by atoms with Gasteiger partial charge in [-0.1, -0.05) is 0 Å². The monoisotopic (exact) mass is 772 g/mol. The molecule has 0 atom stereocenters. The summed E-state index contributed by atoms with van der Waals surface area (Å²) in [7, 11) is 12.4. The van der Waals surface area contributed by atoms with Gasteiger partial charge in [-0.05, 0) is 45.8 Å². The van der Waals surface area contributed by atoms with Crippen molar-refractivity contribution < 1.29 is 37.9 Å². The van der Waals surface area contributed by atoms with Crippen molar-refractivity contribution in [2.75, 3.05) is 62.2 Å². The molecule has 0 aliphatic carbocycles. The molecule has 0 fully saturated rings. The smallest absolute Gasteiger partial charge is 0.256 e. The number of halogens is 3. The number of nitrogens with zero attached hydrogens (tertiary/aromatic N) is 5. The summed E-state index contributed by atoms with van der Waals surface area (Å²) in [4.78, 5) is 19.0. The molecule has 4 aromatic heterocycles. The fourth-order valence-electron chi connectivity index (χ4n) is 3.06. The number of methoxy groups -OCH3 is 8. The molecule has 2 N–H and O–H groups in total. The Morgan fingerprint density at radius 3 is 1.52 bits per heavy atom. The molecule has 0 saturated heterocycles. The lowest BCUT2D eigenvalue weighted by molar-refractivity contribution is 0.342. The van der Waals surface area contributed by atoms with E-state index in [0.29, 0.717) is 58.8 Å². The fraction of sp³-hybridized carbons (Fsp3) is 0.323. The van der Waals surface area contributed by atoms with Crippen LogP contribution in [-0.2, 0) is 6.54 Å². The molecule has 0 radical (unpaired) electrons. The second kappa shape index (κ2) is 26.6. The molecule has 0 saturated carbocycles. The highest BCUT2D eigenvalue weighted by molar-refractivity contribution is 9.10. The highest BCUT2D eigenvalue weighted by Gasteiger charge is 2.06. The first-order chi connectivity index (χ1) is 23.2. The fourth-order valence-corrected chi connectivity index (χ4v) is 3.37. The number of pyridine rings is 4. The number of hydrogen-bond acceptors (Lipinski definition) is 13. The van der Waals surface area contributed by atoms with Crippen LogP contribution in [0.3, 0.4) is 0 Å². The Labute approximate surface area is 299 Å². The van der Waals surface area contributed by atoms with Crippen molar-refractivity contribution in [1.82, 2.24) is 19.9 Å². The van der Waals surface area contributed by atoms with Gasteiger partial charge in [0.15, 0.2) is 23.0 Å². The number of ether oxygens (including phenoxy) is 8. The summed E-state index contributed by atoms with van der Waals surface area (Å²) >= 11 is 12.8. The molecular formula is C31H39BrCl2N6O8. The predicted molar refractivity (Wildman–Crippen MR) is 188 cm³/mol. The molecule has 17 heteroatoms. The van der Waals surface area contributed by atoms with Gasteiger partial charge in [-0.3, -0.25) is 0 Å². The van der Waals surface area contributed by atoms with Gasteiger partial charge in [-0.2, -0.15) is 0 Å². The molecule has 14 nitrogen and oxygen atoms in total. The van der Waals surface area contributed by atoms with Gasteiger partial charge in [0, 0.05) is 41.9 Å². The summed E-state index contributed by atoms with van der Waals surface area (Å²) in [5.41, 5.74) is 6.79. The standard InChI is InChI=1S/C8H8N2O2.C8H12N2O2.C7H8BrNO2.C7H9NO2.CH2Cl2/c1-9-6-4-7(11-2)8(12-3)10-5-6;1-11-7-3-6(4-9)5-10-8(7)12-2;1-10-6-3-5(8)4-9-7(6)11-2;1-9-6-4-3-5-8-7(6)10-2;2-1-3/h4-5H,2-3H3;3,5H,4,9H2,1-2H3;3-4H,1-2H3;3-5H,1-2H3;1H2. The van der Waals surface area contributed by atoms with Gasteiger partial charge >= 0.3 is 0 Å². The van der Waals surface area contributed by atoms with Gasteiger partial charge in [-0.25, -0.2) is 24.8 Å². The Kier molecular flexibility index (Phi) is 24.1. The zero-order chi connectivity index (χ0) is 36.3. The van der Waals surface area contributed by atoms with Crippen molar-refractivity contribution in [2.45, 2.75) is 6.54 Å². The van der Waals surface area contributed by atoms with Gasteiger partial charge in [0.1, 0.15) is 0 Å². The van der Waals surface area contributed by atoms with E-state index in [2.05, 4.69) is 40.7 Å². The number of nitrogens with two attached hydrogens (primary N) is 1. The largest absolute Gasteiger partial charge is 0.492 e. The maximum atomic E-state index is 6.73. The Balaban J connectivity index is 0.000000598. The average Bonchev–Trinajstić information content (AvgIpc) is 3.14. The third-order valence-corrected chi connectivity index (χ3v) is 5.65. The molecule has 0 aliphatic heterocycles. The molecule has 0 amide bonds. The van der Waals surface area contributed by atoms with Gasteiger partial charge in [0.2, 0.25) is 5.69 Å². The Hall–Kier alpha value is -4.49. The summed E-state index contributed by atoms with van der Waals surface area (Å²) < 4.78 is 40.5. The van der Waals surface area contributed by atoms with Crippen LogP contribution in [0.15, 0.2) is 59.6 Å². The SMILES string of the molecule is COc1cc(Br)cnc1OC.COc1cc(CN)cnc1OC.COc1cccnc1OC.ClCCl.[C-]#[N+]c1cnc(OC)c(OC)c1. The lowest BCUT2D eigenvalue weighted by Crippen LogP contribution is -2.00. The van der Waals surface area contributed by atoms with E-state index in [1.165, 1.54) is 20.4 Å². The third-order valence-electron chi connectivity index (χ3n) is 5.22. The summed E-state index contributed by atoms with van der Waals surface area (Å²) in [6, 6.07) is 8.78. The van der Waals surface area contributed by atoms with Crippen LogP contribution in [0.5, 0.6) is 46.5 Å². The van der Waals surface area contributed by atoms with E-state index in [1.54, 1.807) is 85.5 Å².